The first-order valence-electron chi connectivity index (χ1n) is 4.46. The zero-order valence-corrected chi connectivity index (χ0v) is 8.74. The first kappa shape index (κ1) is 9.63. The van der Waals surface area contributed by atoms with E-state index in [2.05, 4.69) is 11.1 Å². The lowest BCUT2D eigenvalue weighted by molar-refractivity contribution is 1.46. The standard InChI is InChI=1S/C12H8N2S/c13-8-10-3-5-11(6-4-10)14-9-12-2-1-7-15-12/h1-7,9H. The van der Waals surface area contributed by atoms with E-state index in [0.717, 1.165) is 10.6 Å². The monoisotopic (exact) mass is 212 g/mol. The summed E-state index contributed by atoms with van der Waals surface area (Å²) < 4.78 is 0. The van der Waals surface area contributed by atoms with Crippen molar-refractivity contribution in [3.05, 3.63) is 52.2 Å². The van der Waals surface area contributed by atoms with Crippen LogP contribution in [-0.4, -0.2) is 6.21 Å². The van der Waals surface area contributed by atoms with Crippen molar-refractivity contribution in [1.82, 2.24) is 0 Å². The molecule has 0 saturated heterocycles. The molecule has 0 radical (unpaired) electrons. The molecular weight excluding hydrogens is 204 g/mol. The highest BCUT2D eigenvalue weighted by atomic mass is 32.1. The minimum absolute atomic E-state index is 0.657. The number of aliphatic imine (C=N–C) groups is 1. The third-order valence-electron chi connectivity index (χ3n) is 1.88. The summed E-state index contributed by atoms with van der Waals surface area (Å²) in [6.07, 6.45) is 1.83. The van der Waals surface area contributed by atoms with Gasteiger partial charge in [-0.2, -0.15) is 5.26 Å². The summed E-state index contributed by atoms with van der Waals surface area (Å²) in [5.41, 5.74) is 1.52. The van der Waals surface area contributed by atoms with Crippen LogP contribution in [0.2, 0.25) is 0 Å². The van der Waals surface area contributed by atoms with E-state index in [1.165, 1.54) is 0 Å². The maximum absolute atomic E-state index is 8.62. The molecule has 3 heteroatoms. The molecule has 1 aromatic carbocycles. The van der Waals surface area contributed by atoms with Crippen molar-refractivity contribution < 1.29 is 0 Å². The third kappa shape index (κ3) is 2.52. The highest BCUT2D eigenvalue weighted by Crippen LogP contribution is 2.13. The first-order chi connectivity index (χ1) is 7.38. The molecule has 0 aliphatic rings. The molecule has 0 N–H and O–H groups in total. The fourth-order valence-electron chi connectivity index (χ4n) is 1.12. The Balaban J connectivity index is 2.15. The van der Waals surface area contributed by atoms with Crippen LogP contribution in [0.5, 0.6) is 0 Å². The molecule has 0 amide bonds. The topological polar surface area (TPSA) is 36.1 Å². The van der Waals surface area contributed by atoms with Crippen molar-refractivity contribution in [3.63, 3.8) is 0 Å². The smallest absolute Gasteiger partial charge is 0.0991 e. The second kappa shape index (κ2) is 4.54. The predicted molar refractivity (Wildman–Crippen MR) is 62.7 cm³/mol. The highest BCUT2D eigenvalue weighted by molar-refractivity contribution is 7.11. The van der Waals surface area contributed by atoms with E-state index >= 15 is 0 Å². The summed E-state index contributed by atoms with van der Waals surface area (Å²) in [6.45, 7) is 0. The molecule has 2 rings (SSSR count). The van der Waals surface area contributed by atoms with Crippen LogP contribution in [0.15, 0.2) is 46.8 Å². The van der Waals surface area contributed by atoms with Crippen molar-refractivity contribution in [2.24, 2.45) is 4.99 Å². The maximum atomic E-state index is 8.62. The Kier molecular flexibility index (Phi) is 2.91. The molecule has 15 heavy (non-hydrogen) atoms. The second-order valence-electron chi connectivity index (χ2n) is 2.93. The molecule has 72 valence electrons. The zero-order valence-electron chi connectivity index (χ0n) is 7.92. The summed E-state index contributed by atoms with van der Waals surface area (Å²) >= 11 is 1.65. The molecule has 0 aliphatic carbocycles. The lowest BCUT2D eigenvalue weighted by Crippen LogP contribution is -1.73. The van der Waals surface area contributed by atoms with Crippen LogP contribution >= 0.6 is 11.3 Å². The van der Waals surface area contributed by atoms with Crippen molar-refractivity contribution in [2.75, 3.05) is 0 Å². The Hall–Kier alpha value is -1.92. The molecule has 0 aliphatic heterocycles. The minimum atomic E-state index is 0.657. The molecule has 2 nitrogen and oxygen atoms in total. The normalized spacial score (nSPS) is 10.3. The number of hydrogen-bond donors (Lipinski definition) is 0. The van der Waals surface area contributed by atoms with Gasteiger partial charge in [-0.15, -0.1) is 11.3 Å². The van der Waals surface area contributed by atoms with Crippen molar-refractivity contribution >= 4 is 23.2 Å². The maximum Gasteiger partial charge on any atom is 0.0991 e. The average Bonchev–Trinajstić information content (AvgIpc) is 2.80. The van der Waals surface area contributed by atoms with E-state index in [-0.39, 0.29) is 0 Å². The van der Waals surface area contributed by atoms with E-state index in [9.17, 15) is 0 Å². The van der Waals surface area contributed by atoms with Gasteiger partial charge >= 0.3 is 0 Å². The van der Waals surface area contributed by atoms with Gasteiger partial charge in [-0.25, -0.2) is 0 Å². The Morgan fingerprint density at radius 3 is 2.60 bits per heavy atom. The van der Waals surface area contributed by atoms with Crippen LogP contribution in [-0.2, 0) is 0 Å². The lowest BCUT2D eigenvalue weighted by Gasteiger charge is -1.92. The van der Waals surface area contributed by atoms with Gasteiger partial charge in [0.15, 0.2) is 0 Å². The predicted octanol–water partition coefficient (Wildman–Crippen LogP) is 3.37. The molecule has 2 aromatic rings. The Bertz CT molecular complexity index is 489. The van der Waals surface area contributed by atoms with Gasteiger partial charge in [0.05, 0.1) is 17.3 Å². The average molecular weight is 212 g/mol. The molecule has 0 atom stereocenters. The molecular formula is C12H8N2S. The van der Waals surface area contributed by atoms with Crippen LogP contribution in [0, 0.1) is 11.3 Å². The quantitative estimate of drug-likeness (QED) is 0.703. The number of nitrogens with zero attached hydrogens (tertiary/aromatic N) is 2. The van der Waals surface area contributed by atoms with Crippen LogP contribution in [0.3, 0.4) is 0 Å². The number of thiophene rings is 1. The number of nitriles is 1. The highest BCUT2D eigenvalue weighted by Gasteiger charge is 1.91. The fourth-order valence-corrected chi connectivity index (χ4v) is 1.71. The Morgan fingerprint density at radius 2 is 2.00 bits per heavy atom. The van der Waals surface area contributed by atoms with Gasteiger partial charge in [0.1, 0.15) is 0 Å². The lowest BCUT2D eigenvalue weighted by atomic mass is 10.2. The summed E-state index contributed by atoms with van der Waals surface area (Å²) in [6, 6.07) is 13.3. The molecule has 1 aromatic heterocycles. The van der Waals surface area contributed by atoms with Gasteiger partial charge in [-0.3, -0.25) is 4.99 Å². The number of benzene rings is 1. The first-order valence-corrected chi connectivity index (χ1v) is 5.34. The second-order valence-corrected chi connectivity index (χ2v) is 3.91. The van der Waals surface area contributed by atoms with Gasteiger partial charge in [-0.1, -0.05) is 6.07 Å². The van der Waals surface area contributed by atoms with Crippen molar-refractivity contribution in [3.8, 4) is 6.07 Å². The third-order valence-corrected chi connectivity index (χ3v) is 2.69. The van der Waals surface area contributed by atoms with Gasteiger partial charge in [0.25, 0.3) is 0 Å². The van der Waals surface area contributed by atoms with E-state index in [1.807, 2.05) is 35.9 Å². The van der Waals surface area contributed by atoms with E-state index in [0.29, 0.717) is 5.56 Å². The summed E-state index contributed by atoms with van der Waals surface area (Å²) in [4.78, 5) is 5.42. The van der Waals surface area contributed by atoms with Crippen molar-refractivity contribution in [2.45, 2.75) is 0 Å². The molecule has 0 unspecified atom stereocenters. The fraction of sp³-hybridized carbons (Fsp3) is 0. The zero-order chi connectivity index (χ0) is 10.5. The molecule has 0 bridgehead atoms. The molecule has 1 heterocycles. The Labute approximate surface area is 92.1 Å². The summed E-state index contributed by atoms with van der Waals surface area (Å²) in [5.74, 6) is 0. The van der Waals surface area contributed by atoms with Crippen molar-refractivity contribution in [1.29, 1.82) is 5.26 Å². The minimum Gasteiger partial charge on any atom is -0.255 e. The van der Waals surface area contributed by atoms with Gasteiger partial charge in [0, 0.05) is 11.1 Å². The van der Waals surface area contributed by atoms with Gasteiger partial charge < -0.3 is 0 Å². The largest absolute Gasteiger partial charge is 0.255 e. The Morgan fingerprint density at radius 1 is 1.20 bits per heavy atom. The number of hydrogen-bond acceptors (Lipinski definition) is 3. The SMILES string of the molecule is N#Cc1ccc(N=Cc2cccs2)cc1. The van der Waals surface area contributed by atoms with Crippen LogP contribution in [0.1, 0.15) is 10.4 Å². The van der Waals surface area contributed by atoms with E-state index in [4.69, 9.17) is 5.26 Å². The summed E-state index contributed by atoms with van der Waals surface area (Å²) in [7, 11) is 0. The van der Waals surface area contributed by atoms with Crippen LogP contribution in [0.4, 0.5) is 5.69 Å². The molecule has 0 fully saturated rings. The van der Waals surface area contributed by atoms with E-state index in [1.54, 1.807) is 23.5 Å². The summed E-state index contributed by atoms with van der Waals surface area (Å²) in [5, 5.41) is 10.6. The van der Waals surface area contributed by atoms with E-state index < -0.39 is 0 Å². The van der Waals surface area contributed by atoms with Gasteiger partial charge in [0.2, 0.25) is 0 Å². The van der Waals surface area contributed by atoms with Gasteiger partial charge in [-0.05, 0) is 35.7 Å². The van der Waals surface area contributed by atoms with Crippen LogP contribution < -0.4 is 0 Å². The molecule has 0 spiro atoms. The molecule has 0 saturated carbocycles. The number of rotatable bonds is 2. The van der Waals surface area contributed by atoms with Crippen LogP contribution in [0.25, 0.3) is 0 Å².